The fourth-order valence-electron chi connectivity index (χ4n) is 2.78. The fourth-order valence-corrected chi connectivity index (χ4v) is 3.61. The molecule has 0 N–H and O–H groups in total. The zero-order chi connectivity index (χ0) is 16.3. The Labute approximate surface area is 131 Å². The molecule has 2 amide bonds. The zero-order valence-corrected chi connectivity index (χ0v) is 14.0. The Kier molecular flexibility index (Phi) is 5.41. The van der Waals surface area contributed by atoms with Gasteiger partial charge in [0.15, 0.2) is 0 Å². The van der Waals surface area contributed by atoms with Gasteiger partial charge >= 0.3 is 0 Å². The summed E-state index contributed by atoms with van der Waals surface area (Å²) in [5.41, 5.74) is 0. The van der Waals surface area contributed by atoms with Crippen LogP contribution < -0.4 is 0 Å². The Bertz CT molecular complexity index is 520. The fraction of sp³-hybridized carbons (Fsp3) is 0.846. The average Bonchev–Trinajstić information content (AvgIpc) is 2.47. The van der Waals surface area contributed by atoms with Crippen molar-refractivity contribution in [2.75, 3.05) is 65.2 Å². The number of amides is 2. The first-order chi connectivity index (χ1) is 10.3. The molecule has 126 valence electrons. The van der Waals surface area contributed by atoms with Gasteiger partial charge in [0.1, 0.15) is 0 Å². The predicted molar refractivity (Wildman–Crippen MR) is 81.7 cm³/mol. The molecule has 2 aliphatic rings. The number of rotatable bonds is 3. The number of carbonyl (C=O) groups is 2. The summed E-state index contributed by atoms with van der Waals surface area (Å²) in [7, 11) is -3.17. The largest absolute Gasteiger partial charge is 0.340 e. The SMILES string of the molecule is CC(=O)N1CCN(CC(=O)N2CCN(S(C)(=O)=O)CC2)CC1. The van der Waals surface area contributed by atoms with Crippen molar-refractivity contribution in [3.63, 3.8) is 0 Å². The first kappa shape index (κ1) is 17.2. The van der Waals surface area contributed by atoms with Gasteiger partial charge in [0.05, 0.1) is 12.8 Å². The molecule has 0 aromatic heterocycles. The zero-order valence-electron chi connectivity index (χ0n) is 13.2. The molecular formula is C13H24N4O4S. The van der Waals surface area contributed by atoms with Crippen LogP contribution in [0.2, 0.25) is 0 Å². The summed E-state index contributed by atoms with van der Waals surface area (Å²) < 4.78 is 24.3. The van der Waals surface area contributed by atoms with Gasteiger partial charge < -0.3 is 9.80 Å². The maximum atomic E-state index is 12.3. The molecule has 0 unspecified atom stereocenters. The van der Waals surface area contributed by atoms with Gasteiger partial charge in [0.2, 0.25) is 21.8 Å². The molecule has 0 atom stereocenters. The second-order valence-electron chi connectivity index (χ2n) is 5.83. The summed E-state index contributed by atoms with van der Waals surface area (Å²) in [4.78, 5) is 29.1. The van der Waals surface area contributed by atoms with E-state index >= 15 is 0 Å². The van der Waals surface area contributed by atoms with Crippen LogP contribution in [-0.4, -0.2) is 104 Å². The Morgan fingerprint density at radius 3 is 1.82 bits per heavy atom. The average molecular weight is 332 g/mol. The van der Waals surface area contributed by atoms with Crippen LogP contribution in [0, 0.1) is 0 Å². The number of nitrogens with zero attached hydrogens (tertiary/aromatic N) is 4. The number of hydrogen-bond acceptors (Lipinski definition) is 5. The van der Waals surface area contributed by atoms with E-state index in [1.807, 2.05) is 4.90 Å². The van der Waals surface area contributed by atoms with E-state index in [1.165, 1.54) is 10.6 Å². The number of piperazine rings is 2. The third-order valence-electron chi connectivity index (χ3n) is 4.24. The molecule has 2 rings (SSSR count). The predicted octanol–water partition coefficient (Wildman–Crippen LogP) is -1.75. The van der Waals surface area contributed by atoms with Crippen molar-refractivity contribution in [3.8, 4) is 0 Å². The van der Waals surface area contributed by atoms with Crippen LogP contribution in [-0.2, 0) is 19.6 Å². The maximum Gasteiger partial charge on any atom is 0.236 e. The monoisotopic (exact) mass is 332 g/mol. The van der Waals surface area contributed by atoms with Gasteiger partial charge in [0, 0.05) is 59.3 Å². The van der Waals surface area contributed by atoms with Crippen LogP contribution in [0.5, 0.6) is 0 Å². The van der Waals surface area contributed by atoms with Crippen molar-refractivity contribution < 1.29 is 18.0 Å². The Morgan fingerprint density at radius 1 is 0.864 bits per heavy atom. The minimum atomic E-state index is -3.17. The number of sulfonamides is 1. The summed E-state index contributed by atoms with van der Waals surface area (Å²) in [5.74, 6) is 0.104. The van der Waals surface area contributed by atoms with Crippen LogP contribution in [0.3, 0.4) is 0 Å². The summed E-state index contributed by atoms with van der Waals surface area (Å²) in [5, 5.41) is 0. The molecule has 0 aliphatic carbocycles. The van der Waals surface area contributed by atoms with Crippen LogP contribution >= 0.6 is 0 Å². The molecule has 2 aliphatic heterocycles. The summed E-state index contributed by atoms with van der Waals surface area (Å²) in [6.07, 6.45) is 1.19. The lowest BCUT2D eigenvalue weighted by molar-refractivity contribution is -0.135. The van der Waals surface area contributed by atoms with E-state index in [1.54, 1.807) is 16.7 Å². The van der Waals surface area contributed by atoms with Crippen LogP contribution in [0.15, 0.2) is 0 Å². The second kappa shape index (κ2) is 6.93. The molecule has 0 aromatic rings. The molecule has 0 radical (unpaired) electrons. The third kappa shape index (κ3) is 4.40. The molecule has 2 heterocycles. The molecule has 0 aromatic carbocycles. The van der Waals surface area contributed by atoms with Crippen molar-refractivity contribution in [2.24, 2.45) is 0 Å². The molecule has 0 bridgehead atoms. The summed E-state index contributed by atoms with van der Waals surface area (Å²) >= 11 is 0. The van der Waals surface area contributed by atoms with E-state index in [2.05, 4.69) is 0 Å². The smallest absolute Gasteiger partial charge is 0.236 e. The Morgan fingerprint density at radius 2 is 1.36 bits per heavy atom. The Balaban J connectivity index is 1.76. The van der Waals surface area contributed by atoms with Crippen molar-refractivity contribution in [1.82, 2.24) is 19.0 Å². The minimum Gasteiger partial charge on any atom is -0.340 e. The first-order valence-corrected chi connectivity index (χ1v) is 9.33. The van der Waals surface area contributed by atoms with Gasteiger partial charge in [-0.25, -0.2) is 8.42 Å². The molecule has 8 nitrogen and oxygen atoms in total. The van der Waals surface area contributed by atoms with Crippen molar-refractivity contribution in [2.45, 2.75) is 6.92 Å². The van der Waals surface area contributed by atoms with Gasteiger partial charge in [-0.1, -0.05) is 0 Å². The van der Waals surface area contributed by atoms with Gasteiger partial charge in [-0.15, -0.1) is 0 Å². The molecular weight excluding hydrogens is 308 g/mol. The van der Waals surface area contributed by atoms with Crippen molar-refractivity contribution in [3.05, 3.63) is 0 Å². The van der Waals surface area contributed by atoms with Gasteiger partial charge in [-0.05, 0) is 0 Å². The summed E-state index contributed by atoms with van der Waals surface area (Å²) in [6, 6.07) is 0. The van der Waals surface area contributed by atoms with Gasteiger partial charge in [0.25, 0.3) is 0 Å². The van der Waals surface area contributed by atoms with Gasteiger partial charge in [-0.3, -0.25) is 14.5 Å². The minimum absolute atomic E-state index is 0.0319. The molecule has 22 heavy (non-hydrogen) atoms. The second-order valence-corrected chi connectivity index (χ2v) is 7.81. The van der Waals surface area contributed by atoms with E-state index in [9.17, 15) is 18.0 Å². The van der Waals surface area contributed by atoms with Crippen molar-refractivity contribution >= 4 is 21.8 Å². The number of carbonyl (C=O) groups excluding carboxylic acids is 2. The van der Waals surface area contributed by atoms with Crippen LogP contribution in [0.1, 0.15) is 6.92 Å². The standard InChI is InChI=1S/C13H24N4O4S/c1-12(18)15-5-3-14(4-6-15)11-13(19)16-7-9-17(10-8-16)22(2,20)21/h3-11H2,1-2H3. The lowest BCUT2D eigenvalue weighted by Gasteiger charge is -2.37. The highest BCUT2D eigenvalue weighted by molar-refractivity contribution is 7.88. The lowest BCUT2D eigenvalue weighted by atomic mass is 10.3. The molecule has 0 spiro atoms. The van der Waals surface area contributed by atoms with E-state index in [4.69, 9.17) is 0 Å². The molecule has 9 heteroatoms. The Hall–Kier alpha value is -1.19. The highest BCUT2D eigenvalue weighted by Gasteiger charge is 2.27. The van der Waals surface area contributed by atoms with E-state index in [0.29, 0.717) is 58.9 Å². The molecule has 2 fully saturated rings. The molecule has 0 saturated carbocycles. The molecule has 2 saturated heterocycles. The summed E-state index contributed by atoms with van der Waals surface area (Å²) in [6.45, 7) is 6.23. The lowest BCUT2D eigenvalue weighted by Crippen LogP contribution is -2.54. The van der Waals surface area contributed by atoms with E-state index in [-0.39, 0.29) is 11.8 Å². The first-order valence-electron chi connectivity index (χ1n) is 7.48. The topological polar surface area (TPSA) is 81.2 Å². The maximum absolute atomic E-state index is 12.3. The van der Waals surface area contributed by atoms with E-state index in [0.717, 1.165) is 0 Å². The van der Waals surface area contributed by atoms with Crippen LogP contribution in [0.4, 0.5) is 0 Å². The normalized spacial score (nSPS) is 21.9. The van der Waals surface area contributed by atoms with Crippen LogP contribution in [0.25, 0.3) is 0 Å². The highest BCUT2D eigenvalue weighted by atomic mass is 32.2. The van der Waals surface area contributed by atoms with E-state index < -0.39 is 10.0 Å². The third-order valence-corrected chi connectivity index (χ3v) is 5.54. The van der Waals surface area contributed by atoms with Gasteiger partial charge in [-0.2, -0.15) is 4.31 Å². The van der Waals surface area contributed by atoms with Crippen molar-refractivity contribution in [1.29, 1.82) is 0 Å². The number of hydrogen-bond donors (Lipinski definition) is 0. The quantitative estimate of drug-likeness (QED) is 0.612. The highest BCUT2D eigenvalue weighted by Crippen LogP contribution is 2.08.